The number of hydrogen-bond acceptors (Lipinski definition) is 2. The van der Waals surface area contributed by atoms with Crippen molar-refractivity contribution in [1.29, 1.82) is 0 Å². The van der Waals surface area contributed by atoms with Crippen molar-refractivity contribution >= 4 is 13.0 Å². The first kappa shape index (κ1) is 19.2. The van der Waals surface area contributed by atoms with Crippen LogP contribution in [0.4, 0.5) is 0 Å². The minimum atomic E-state index is -1.15. The summed E-state index contributed by atoms with van der Waals surface area (Å²) < 4.78 is 18.3. The maximum atomic E-state index is 6.80. The van der Waals surface area contributed by atoms with Crippen molar-refractivity contribution in [3.05, 3.63) is 60.9 Å². The predicted octanol–water partition coefficient (Wildman–Crippen LogP) is 5.04. The van der Waals surface area contributed by atoms with Crippen molar-refractivity contribution in [2.75, 3.05) is 0 Å². The largest absolute Gasteiger partial charge is 0.658 e. The van der Waals surface area contributed by atoms with Crippen molar-refractivity contribution in [3.63, 3.8) is 0 Å². The molecule has 2 aromatic heterocycles. The number of hydrogen-bond donors (Lipinski definition) is 0. The Labute approximate surface area is 179 Å². The summed E-state index contributed by atoms with van der Waals surface area (Å²) in [7, 11) is 0. The van der Waals surface area contributed by atoms with Gasteiger partial charge in [-0.1, -0.05) is 65.1 Å². The Bertz CT molecular complexity index is 1030. The molecular weight excluding hydrogens is 370 g/mol. The molecule has 0 spiro atoms. The molecule has 2 aliphatic heterocycles. The average Bonchev–Trinajstić information content (AvgIpc) is 2.82. The molecule has 3 aromatic rings. The predicted molar refractivity (Wildman–Crippen MR) is 123 cm³/mol. The Morgan fingerprint density at radius 1 is 0.633 bits per heavy atom. The van der Waals surface area contributed by atoms with Crippen LogP contribution in [0.3, 0.4) is 0 Å². The summed E-state index contributed by atoms with van der Waals surface area (Å²) in [5.74, 6) is 1.94. The Hall–Kier alpha value is -2.75. The summed E-state index contributed by atoms with van der Waals surface area (Å²) >= 11 is 0. The molecule has 0 saturated heterocycles. The standard InChI is InChI=1S/C24H30B2N2O2/c1-5-25(6-2)27-15-11-9-13-21(27)19-18-24-20(17-23(19)29-25)22-14-10-12-16-28(22)26(7-3,8-4)30-24/h9-18H,5-8H2,1-4H3. The molecular formula is C24H30B2N2O2. The Balaban J connectivity index is 1.77. The van der Waals surface area contributed by atoms with E-state index in [1.54, 1.807) is 0 Å². The minimum absolute atomic E-state index is 0.967. The molecule has 4 nitrogen and oxygen atoms in total. The summed E-state index contributed by atoms with van der Waals surface area (Å²) in [6.45, 7) is 6.61. The first-order chi connectivity index (χ1) is 14.6. The first-order valence-corrected chi connectivity index (χ1v) is 11.6. The zero-order chi connectivity index (χ0) is 20.9. The zero-order valence-corrected chi connectivity index (χ0v) is 18.5. The van der Waals surface area contributed by atoms with E-state index in [1.165, 1.54) is 11.4 Å². The van der Waals surface area contributed by atoms with Gasteiger partial charge in [-0.05, 0) is 24.3 Å². The fourth-order valence-corrected chi connectivity index (χ4v) is 5.63. The van der Waals surface area contributed by atoms with E-state index in [1.807, 2.05) is 0 Å². The highest BCUT2D eigenvalue weighted by atomic mass is 16.5. The molecule has 0 bridgehead atoms. The molecule has 2 aliphatic rings. The number of fused-ring (bicyclic) bond motifs is 6. The number of benzene rings is 1. The van der Waals surface area contributed by atoms with E-state index in [0.29, 0.717) is 0 Å². The Kier molecular flexibility index (Phi) is 4.42. The van der Waals surface area contributed by atoms with Crippen LogP contribution < -0.4 is 18.3 Å². The number of rotatable bonds is 4. The van der Waals surface area contributed by atoms with Crippen LogP contribution in [0.25, 0.3) is 22.5 Å². The monoisotopic (exact) mass is 400 g/mol. The van der Waals surface area contributed by atoms with Gasteiger partial charge in [-0.25, -0.2) is 0 Å². The third kappa shape index (κ3) is 2.49. The van der Waals surface area contributed by atoms with Gasteiger partial charge in [0.1, 0.15) is 12.4 Å². The zero-order valence-electron chi connectivity index (χ0n) is 18.5. The van der Waals surface area contributed by atoms with Gasteiger partial charge < -0.3 is 18.3 Å². The molecule has 0 unspecified atom stereocenters. The van der Waals surface area contributed by atoms with Gasteiger partial charge in [0.05, 0.1) is 22.6 Å². The summed E-state index contributed by atoms with van der Waals surface area (Å²) in [5, 5.41) is 0. The van der Waals surface area contributed by atoms with Crippen molar-refractivity contribution in [2.24, 2.45) is 0 Å². The SMILES string of the molecule is CC[B-]1(CC)Oc2cc3c(cc2-c2cccc[n+]21)O[B-](CC)(CC)[n+]1ccccc1-3. The molecule has 6 heteroatoms. The van der Waals surface area contributed by atoms with Crippen molar-refractivity contribution in [3.8, 4) is 34.0 Å². The second-order valence-electron chi connectivity index (χ2n) is 8.88. The molecule has 1 aromatic carbocycles. The van der Waals surface area contributed by atoms with Crippen LogP contribution in [0.1, 0.15) is 27.7 Å². The van der Waals surface area contributed by atoms with Crippen LogP contribution in [0.15, 0.2) is 60.9 Å². The fourth-order valence-electron chi connectivity index (χ4n) is 5.63. The van der Waals surface area contributed by atoms with Gasteiger partial charge in [0.15, 0.2) is 11.4 Å². The van der Waals surface area contributed by atoms with Gasteiger partial charge in [0.25, 0.3) is 0 Å². The minimum Gasteiger partial charge on any atom is -0.658 e. The molecule has 0 amide bonds. The van der Waals surface area contributed by atoms with E-state index in [4.69, 9.17) is 9.31 Å². The van der Waals surface area contributed by atoms with Crippen LogP contribution in [0.2, 0.25) is 25.3 Å². The Morgan fingerprint density at radius 2 is 1.03 bits per heavy atom. The van der Waals surface area contributed by atoms with Crippen molar-refractivity contribution in [1.82, 2.24) is 0 Å². The second-order valence-corrected chi connectivity index (χ2v) is 8.88. The van der Waals surface area contributed by atoms with E-state index in [9.17, 15) is 0 Å². The van der Waals surface area contributed by atoms with Crippen molar-refractivity contribution in [2.45, 2.75) is 53.0 Å². The number of pyridine rings is 2. The lowest BCUT2D eigenvalue weighted by Crippen LogP contribution is -2.70. The van der Waals surface area contributed by atoms with Crippen LogP contribution in [-0.4, -0.2) is 13.0 Å². The van der Waals surface area contributed by atoms with Gasteiger partial charge in [0.2, 0.25) is 0 Å². The van der Waals surface area contributed by atoms with Gasteiger partial charge in [-0.2, -0.15) is 0 Å². The van der Waals surface area contributed by atoms with Gasteiger partial charge in [0, 0.05) is 12.1 Å². The topological polar surface area (TPSA) is 26.2 Å². The molecule has 0 N–H and O–H groups in total. The molecule has 0 saturated carbocycles. The quantitative estimate of drug-likeness (QED) is 0.574. The van der Waals surface area contributed by atoms with E-state index in [2.05, 4.69) is 97.6 Å². The second kappa shape index (κ2) is 6.90. The van der Waals surface area contributed by atoms with Crippen LogP contribution in [-0.2, 0) is 0 Å². The highest BCUT2D eigenvalue weighted by Gasteiger charge is 2.46. The van der Waals surface area contributed by atoms with Crippen LogP contribution >= 0.6 is 0 Å². The first-order valence-electron chi connectivity index (χ1n) is 11.6. The number of aromatic nitrogens is 2. The molecule has 0 fully saturated rings. The summed E-state index contributed by atoms with van der Waals surface area (Å²) in [5.41, 5.74) is 4.67. The van der Waals surface area contributed by atoms with E-state index >= 15 is 0 Å². The molecule has 4 heterocycles. The molecule has 0 radical (unpaired) electrons. The van der Waals surface area contributed by atoms with Crippen LogP contribution in [0, 0.1) is 0 Å². The third-order valence-electron chi connectivity index (χ3n) is 7.67. The van der Waals surface area contributed by atoms with Gasteiger partial charge in [-0.15, -0.1) is 0 Å². The Morgan fingerprint density at radius 3 is 1.40 bits per heavy atom. The smallest absolute Gasteiger partial charge is 0.455 e. The lowest BCUT2D eigenvalue weighted by Gasteiger charge is -2.42. The summed E-state index contributed by atoms with van der Waals surface area (Å²) in [6, 6.07) is 17.3. The molecule has 0 aliphatic carbocycles. The molecule has 0 atom stereocenters. The molecule has 30 heavy (non-hydrogen) atoms. The maximum absolute atomic E-state index is 6.80. The van der Waals surface area contributed by atoms with E-state index in [0.717, 1.165) is 47.9 Å². The van der Waals surface area contributed by atoms with E-state index < -0.39 is 13.0 Å². The van der Waals surface area contributed by atoms with Gasteiger partial charge in [-0.3, -0.25) is 0 Å². The molecule has 5 rings (SSSR count). The highest BCUT2D eigenvalue weighted by Crippen LogP contribution is 2.45. The number of nitrogens with zero attached hydrogens (tertiary/aromatic N) is 2. The van der Waals surface area contributed by atoms with Crippen LogP contribution in [0.5, 0.6) is 11.5 Å². The average molecular weight is 400 g/mol. The lowest BCUT2D eigenvalue weighted by atomic mass is 9.45. The lowest BCUT2D eigenvalue weighted by molar-refractivity contribution is -0.551. The third-order valence-corrected chi connectivity index (χ3v) is 7.67. The van der Waals surface area contributed by atoms with Crippen molar-refractivity contribution < 1.29 is 18.3 Å². The van der Waals surface area contributed by atoms with E-state index in [-0.39, 0.29) is 0 Å². The summed E-state index contributed by atoms with van der Waals surface area (Å²) in [6.07, 6.45) is 8.21. The maximum Gasteiger partial charge on any atom is 0.455 e. The fraction of sp³-hybridized carbons (Fsp3) is 0.333. The normalized spacial score (nSPS) is 16.9. The highest BCUT2D eigenvalue weighted by molar-refractivity contribution is 6.67. The summed E-state index contributed by atoms with van der Waals surface area (Å²) in [4.78, 5) is 0. The van der Waals surface area contributed by atoms with Gasteiger partial charge >= 0.3 is 13.0 Å². The molecule has 154 valence electrons.